The molecule has 7 heteroatoms. The summed E-state index contributed by atoms with van der Waals surface area (Å²) in [5.74, 6) is 0.150. The molecule has 0 saturated heterocycles. The highest BCUT2D eigenvalue weighted by atomic mass is 35.5. The van der Waals surface area contributed by atoms with Crippen LogP contribution in [-0.2, 0) is 24.8 Å². The average molecular weight is 411 g/mol. The molecule has 0 fully saturated rings. The zero-order valence-electron chi connectivity index (χ0n) is 16.4. The number of aromatic nitrogens is 2. The monoisotopic (exact) mass is 410 g/mol. The highest BCUT2D eigenvalue weighted by Crippen LogP contribution is 2.15. The van der Waals surface area contributed by atoms with Crippen LogP contribution in [0, 0.1) is 0 Å². The Labute approximate surface area is 175 Å². The Morgan fingerprint density at radius 1 is 1.07 bits per heavy atom. The molecule has 0 atom stereocenters. The fraction of sp³-hybridized carbons (Fsp3) is 0.227. The maximum absolute atomic E-state index is 12.7. The van der Waals surface area contributed by atoms with Gasteiger partial charge in [-0.3, -0.25) is 14.3 Å². The number of aryl methyl sites for hydroxylation is 2. The largest absolute Gasteiger partial charge is 0.336 e. The molecule has 2 amide bonds. The van der Waals surface area contributed by atoms with E-state index in [1.165, 1.54) is 4.68 Å². The lowest BCUT2D eigenvalue weighted by molar-refractivity contribution is -0.116. The van der Waals surface area contributed by atoms with Gasteiger partial charge in [-0.2, -0.15) is 5.10 Å². The first-order valence-corrected chi connectivity index (χ1v) is 9.68. The number of carbonyl (C=O) groups excluding carboxylic acids is 2. The molecule has 0 unspecified atom stereocenters. The number of nitrogens with zero attached hydrogens (tertiary/aromatic N) is 3. The second-order valence-corrected chi connectivity index (χ2v) is 7.30. The van der Waals surface area contributed by atoms with Crippen LogP contribution in [0.1, 0.15) is 28.0 Å². The van der Waals surface area contributed by atoms with Crippen molar-refractivity contribution >= 4 is 29.2 Å². The first-order chi connectivity index (χ1) is 13.9. The summed E-state index contributed by atoms with van der Waals surface area (Å²) in [6, 6.07) is 18.8. The maximum Gasteiger partial charge on any atom is 0.274 e. The van der Waals surface area contributed by atoms with Gasteiger partial charge in [0.15, 0.2) is 5.69 Å². The lowest BCUT2D eigenvalue weighted by Crippen LogP contribution is -2.26. The third-order valence-corrected chi connectivity index (χ3v) is 4.78. The van der Waals surface area contributed by atoms with E-state index in [4.69, 9.17) is 11.6 Å². The topological polar surface area (TPSA) is 67.2 Å². The van der Waals surface area contributed by atoms with Crippen LogP contribution in [0.3, 0.4) is 0 Å². The van der Waals surface area contributed by atoms with E-state index in [-0.39, 0.29) is 17.5 Å². The lowest BCUT2D eigenvalue weighted by atomic mass is 10.1. The minimum absolute atomic E-state index is 0.120. The Morgan fingerprint density at radius 3 is 2.45 bits per heavy atom. The minimum atomic E-state index is -0.222. The van der Waals surface area contributed by atoms with Gasteiger partial charge in [0.05, 0.1) is 0 Å². The fourth-order valence-corrected chi connectivity index (χ4v) is 3.05. The lowest BCUT2D eigenvalue weighted by Gasteiger charge is -2.15. The second kappa shape index (κ2) is 9.39. The smallest absolute Gasteiger partial charge is 0.274 e. The van der Waals surface area contributed by atoms with Crippen molar-refractivity contribution in [2.45, 2.75) is 19.4 Å². The molecule has 29 heavy (non-hydrogen) atoms. The summed E-state index contributed by atoms with van der Waals surface area (Å²) >= 11 is 5.90. The molecular weight excluding hydrogens is 388 g/mol. The number of rotatable bonds is 7. The van der Waals surface area contributed by atoms with Gasteiger partial charge in [-0.25, -0.2) is 0 Å². The summed E-state index contributed by atoms with van der Waals surface area (Å²) in [6.45, 7) is 0.436. The molecule has 0 bridgehead atoms. The Morgan fingerprint density at radius 2 is 1.76 bits per heavy atom. The molecule has 0 aliphatic carbocycles. The van der Waals surface area contributed by atoms with Gasteiger partial charge in [-0.05, 0) is 29.7 Å². The normalized spacial score (nSPS) is 10.6. The number of halogens is 1. The predicted octanol–water partition coefficient (Wildman–Crippen LogP) is 3.92. The summed E-state index contributed by atoms with van der Waals surface area (Å²) in [4.78, 5) is 26.5. The van der Waals surface area contributed by atoms with Gasteiger partial charge in [0, 0.05) is 38.1 Å². The zero-order valence-corrected chi connectivity index (χ0v) is 17.2. The van der Waals surface area contributed by atoms with Crippen LogP contribution in [0.4, 0.5) is 5.82 Å². The molecule has 150 valence electrons. The molecule has 0 radical (unpaired) electrons. The van der Waals surface area contributed by atoms with E-state index < -0.39 is 0 Å². The summed E-state index contributed by atoms with van der Waals surface area (Å²) in [6.07, 6.45) is 1.01. The van der Waals surface area contributed by atoms with Crippen LogP contribution in [0.2, 0.25) is 5.02 Å². The number of nitrogens with one attached hydrogen (secondary N) is 1. The van der Waals surface area contributed by atoms with Crippen molar-refractivity contribution in [1.82, 2.24) is 14.7 Å². The van der Waals surface area contributed by atoms with Crippen LogP contribution < -0.4 is 5.32 Å². The number of hydrogen-bond donors (Lipinski definition) is 1. The van der Waals surface area contributed by atoms with E-state index in [9.17, 15) is 9.59 Å². The van der Waals surface area contributed by atoms with Gasteiger partial charge in [-0.1, -0.05) is 54.1 Å². The van der Waals surface area contributed by atoms with E-state index in [2.05, 4.69) is 10.4 Å². The number of anilines is 1. The summed E-state index contributed by atoms with van der Waals surface area (Å²) in [7, 11) is 3.41. The Kier molecular flexibility index (Phi) is 6.67. The van der Waals surface area contributed by atoms with Crippen molar-refractivity contribution < 1.29 is 9.59 Å². The van der Waals surface area contributed by atoms with Gasteiger partial charge >= 0.3 is 0 Å². The molecule has 1 N–H and O–H groups in total. The van der Waals surface area contributed by atoms with Crippen LogP contribution in [-0.4, -0.2) is 33.5 Å². The highest BCUT2D eigenvalue weighted by Gasteiger charge is 2.18. The zero-order chi connectivity index (χ0) is 20.8. The van der Waals surface area contributed by atoms with Gasteiger partial charge in [0.1, 0.15) is 5.82 Å². The molecule has 0 aliphatic rings. The fourth-order valence-electron chi connectivity index (χ4n) is 2.93. The SMILES string of the molecule is CN(Cc1ccc(Cl)cc1)C(=O)c1cc(NC(=O)CCc2ccccc2)n(C)n1. The van der Waals surface area contributed by atoms with E-state index in [1.807, 2.05) is 42.5 Å². The molecule has 3 rings (SSSR count). The van der Waals surface area contributed by atoms with Crippen molar-refractivity contribution in [2.75, 3.05) is 12.4 Å². The van der Waals surface area contributed by atoms with E-state index in [0.29, 0.717) is 30.2 Å². The van der Waals surface area contributed by atoms with E-state index in [1.54, 1.807) is 37.2 Å². The summed E-state index contributed by atoms with van der Waals surface area (Å²) in [5, 5.41) is 7.73. The maximum atomic E-state index is 12.7. The quantitative estimate of drug-likeness (QED) is 0.642. The minimum Gasteiger partial charge on any atom is -0.336 e. The van der Waals surface area contributed by atoms with Crippen LogP contribution >= 0.6 is 11.6 Å². The predicted molar refractivity (Wildman–Crippen MR) is 114 cm³/mol. The van der Waals surface area contributed by atoms with Crippen molar-refractivity contribution in [2.24, 2.45) is 7.05 Å². The molecule has 3 aromatic rings. The van der Waals surface area contributed by atoms with Gasteiger partial charge in [0.2, 0.25) is 5.91 Å². The molecule has 0 spiro atoms. The number of hydrogen-bond acceptors (Lipinski definition) is 3. The van der Waals surface area contributed by atoms with Gasteiger partial charge in [0.25, 0.3) is 5.91 Å². The molecule has 6 nitrogen and oxygen atoms in total. The van der Waals surface area contributed by atoms with Crippen molar-refractivity contribution in [1.29, 1.82) is 0 Å². The van der Waals surface area contributed by atoms with Crippen LogP contribution in [0.15, 0.2) is 60.7 Å². The number of benzene rings is 2. The highest BCUT2D eigenvalue weighted by molar-refractivity contribution is 6.30. The summed E-state index contributed by atoms with van der Waals surface area (Å²) < 4.78 is 1.50. The number of carbonyl (C=O) groups is 2. The van der Waals surface area contributed by atoms with Gasteiger partial charge < -0.3 is 10.2 Å². The second-order valence-electron chi connectivity index (χ2n) is 6.86. The van der Waals surface area contributed by atoms with Crippen molar-refractivity contribution in [3.05, 3.63) is 82.5 Å². The average Bonchev–Trinajstić information content (AvgIpc) is 3.08. The first-order valence-electron chi connectivity index (χ1n) is 9.30. The standard InChI is InChI=1S/C22H23ClN4O2/c1-26(15-17-8-11-18(23)12-9-17)22(29)19-14-20(27(2)25-19)24-21(28)13-10-16-6-4-3-5-7-16/h3-9,11-12,14H,10,13,15H2,1-2H3,(H,24,28). The Balaban J connectivity index is 1.59. The Bertz CT molecular complexity index is 984. The van der Waals surface area contributed by atoms with Crippen molar-refractivity contribution in [3.63, 3.8) is 0 Å². The Hall–Kier alpha value is -3.12. The summed E-state index contributed by atoms with van der Waals surface area (Å²) in [5.41, 5.74) is 2.35. The van der Waals surface area contributed by atoms with E-state index >= 15 is 0 Å². The molecule has 1 aromatic heterocycles. The van der Waals surface area contributed by atoms with Crippen LogP contribution in [0.25, 0.3) is 0 Å². The molecule has 0 saturated carbocycles. The molecule has 0 aliphatic heterocycles. The third kappa shape index (κ3) is 5.68. The number of amides is 2. The third-order valence-electron chi connectivity index (χ3n) is 4.53. The molecule has 2 aromatic carbocycles. The first kappa shape index (κ1) is 20.6. The van der Waals surface area contributed by atoms with Crippen molar-refractivity contribution in [3.8, 4) is 0 Å². The molecule has 1 heterocycles. The van der Waals surface area contributed by atoms with Crippen LogP contribution in [0.5, 0.6) is 0 Å². The molecular formula is C22H23ClN4O2. The van der Waals surface area contributed by atoms with Gasteiger partial charge in [-0.15, -0.1) is 0 Å². The van der Waals surface area contributed by atoms with E-state index in [0.717, 1.165) is 11.1 Å².